The van der Waals surface area contributed by atoms with Gasteiger partial charge in [0.25, 0.3) is 0 Å². The van der Waals surface area contributed by atoms with E-state index in [1.54, 1.807) is 0 Å². The minimum Gasteiger partial charge on any atom is -0.0654 e. The number of nitrogens with zero attached hydrogens (tertiary/aromatic N) is 2. The monoisotopic (exact) mass is 769 g/mol. The van der Waals surface area contributed by atoms with Crippen molar-refractivity contribution in [2.45, 2.75) is 219 Å². The summed E-state index contributed by atoms with van der Waals surface area (Å²) in [5.74, 6) is 0. The van der Waals surface area contributed by atoms with E-state index < -0.39 is 0 Å². The van der Waals surface area contributed by atoms with Gasteiger partial charge in [-0.3, -0.25) is 0 Å². The Morgan fingerprint density at radius 2 is 0.868 bits per heavy atom. The third-order valence-electron chi connectivity index (χ3n) is 10.7. The fraction of sp³-hybridized carbons (Fsp3) is 0.680. The molecule has 0 saturated heterocycles. The molecule has 2 nitrogen and oxygen atoms in total. The Hall–Kier alpha value is -1.99. The fourth-order valence-corrected chi connectivity index (χ4v) is 8.47. The van der Waals surface area contributed by atoms with Crippen molar-refractivity contribution in [1.82, 2.24) is 0 Å². The van der Waals surface area contributed by atoms with Crippen LogP contribution in [0.4, 0.5) is 0 Å². The minimum absolute atomic E-state index is 0.878. The third kappa shape index (κ3) is 21.0. The van der Waals surface area contributed by atoms with Gasteiger partial charge in [-0.15, -0.1) is 0 Å². The Morgan fingerprint density at radius 1 is 0.472 bits per heavy atom. The maximum atomic E-state index is 11.1. The molecule has 1 aliphatic rings. The summed E-state index contributed by atoms with van der Waals surface area (Å²) in [6.45, 7) is 11.1. The van der Waals surface area contributed by atoms with Gasteiger partial charge in [0.1, 0.15) is 0 Å². The van der Waals surface area contributed by atoms with Gasteiger partial charge in [-0.05, 0) is 61.1 Å². The Bertz CT molecular complexity index is 1250. The number of allylic oxidation sites excluding steroid dienone is 2. The second-order valence-corrected chi connectivity index (χ2v) is 17.0. The topological polar surface area (TPSA) is 25.3 Å². The van der Waals surface area contributed by atoms with Gasteiger partial charge in [0, 0.05) is 22.8 Å². The maximum absolute atomic E-state index is 11.1. The van der Waals surface area contributed by atoms with E-state index >= 15 is 0 Å². The van der Waals surface area contributed by atoms with Crippen LogP contribution in [0, 0.1) is 0 Å². The number of hydrogen-bond donors (Lipinski definition) is 0. The minimum atomic E-state index is 0.878. The molecular formula is C50H82N2Ni. The molecule has 0 fully saturated rings. The first-order chi connectivity index (χ1) is 26.1. The smallest absolute Gasteiger partial charge is 0.0654 e. The van der Waals surface area contributed by atoms with Crippen molar-refractivity contribution in [2.75, 3.05) is 0 Å². The zero-order valence-corrected chi connectivity index (χ0v) is 36.4. The van der Waals surface area contributed by atoms with Crippen LogP contribution in [-0.2, 0) is 27.3 Å². The molecule has 2 aromatic rings. The van der Waals surface area contributed by atoms with Crippen molar-refractivity contribution >= 4 is 11.4 Å². The van der Waals surface area contributed by atoms with Crippen LogP contribution in [0.3, 0.4) is 0 Å². The van der Waals surface area contributed by atoms with Crippen LogP contribution in [-0.4, -0.2) is 4.70 Å². The van der Waals surface area contributed by atoms with Crippen molar-refractivity contribution in [3.8, 4) is 0 Å². The van der Waals surface area contributed by atoms with E-state index in [2.05, 4.69) is 89.2 Å². The molecule has 2 aromatic carbocycles. The van der Waals surface area contributed by atoms with E-state index in [-0.39, 0.29) is 0 Å². The molecule has 0 atom stereocenters. The number of unbranched alkanes of at least 4 members (excludes halogenated alkanes) is 21. The van der Waals surface area contributed by atoms with Gasteiger partial charge in [-0.2, -0.15) is 0 Å². The van der Waals surface area contributed by atoms with Crippen molar-refractivity contribution in [3.05, 3.63) is 88.0 Å². The molecule has 1 aliphatic heterocycles. The number of aryl methyl sites for hydroxylation is 2. The van der Waals surface area contributed by atoms with E-state index in [0.717, 1.165) is 54.6 Å². The third-order valence-corrected chi connectivity index (χ3v) is 12.1. The summed E-state index contributed by atoms with van der Waals surface area (Å²) in [7, 11) is 0. The van der Waals surface area contributed by atoms with Crippen molar-refractivity contribution in [2.24, 2.45) is 0 Å². The van der Waals surface area contributed by atoms with Gasteiger partial charge in [0.2, 0.25) is 11.4 Å². The summed E-state index contributed by atoms with van der Waals surface area (Å²) in [5.41, 5.74) is 18.8. The van der Waals surface area contributed by atoms with Crippen LogP contribution in [0.25, 0.3) is 16.9 Å². The molecule has 3 rings (SSSR count). The average Bonchev–Trinajstić information content (AvgIpc) is 3.53. The van der Waals surface area contributed by atoms with E-state index in [9.17, 15) is 5.53 Å². The summed E-state index contributed by atoms with van der Waals surface area (Å²) < 4.78 is 1.40. The van der Waals surface area contributed by atoms with Crippen molar-refractivity contribution in [3.63, 3.8) is 0 Å². The molecule has 0 N–H and O–H groups in total. The van der Waals surface area contributed by atoms with Crippen molar-refractivity contribution < 1.29 is 19.1 Å². The Morgan fingerprint density at radius 3 is 1.30 bits per heavy atom. The van der Waals surface area contributed by atoms with E-state index in [0.29, 0.717) is 0 Å². The van der Waals surface area contributed by atoms with E-state index in [1.165, 1.54) is 173 Å². The Labute approximate surface area is 335 Å². The van der Waals surface area contributed by atoms with Crippen LogP contribution in [0.5, 0.6) is 0 Å². The zero-order valence-electron chi connectivity index (χ0n) is 35.4. The van der Waals surface area contributed by atoms with Gasteiger partial charge in [-0.1, -0.05) is 65.3 Å². The molecule has 0 saturated carbocycles. The molecule has 53 heavy (non-hydrogen) atoms. The molecule has 3 heteroatoms. The zero-order chi connectivity index (χ0) is 38.2. The first-order valence-corrected chi connectivity index (χ1v) is 24.1. The van der Waals surface area contributed by atoms with Crippen LogP contribution in [0.15, 0.2) is 60.2 Å². The van der Waals surface area contributed by atoms with Gasteiger partial charge < -0.3 is 5.53 Å². The molecule has 0 bridgehead atoms. The molecule has 0 unspecified atom stereocenters. The molecule has 0 radical (unpaired) electrons. The SMILES string of the molecule is CCCCC1=C(c2cccc(CC)c2)[N+](=[N-])C(c2cccc(CC)c2)=C1.CCCCCCCCCCCC[CH2][Ni][CH2]CCCCCCCCCCCC. The standard InChI is InChI=1S/C24H28N2.2C13H27.Ni/c1-4-7-12-22-17-23(20-13-8-10-18(5-2)15-20)26(25)24(22)21-14-9-11-19(6-3)16-21;2*1-3-5-7-9-11-13-12-10-8-6-4-2;/h8-11,13-17H,4-7,12H2,1-3H3;2*1,3-13H2,2H3;. The van der Waals surface area contributed by atoms with Crippen LogP contribution < -0.4 is 0 Å². The normalized spacial score (nSPS) is 12.8. The summed E-state index contributed by atoms with van der Waals surface area (Å²) in [5, 5.41) is 2.86. The van der Waals surface area contributed by atoms with Crippen LogP contribution in [0.2, 0.25) is 10.8 Å². The van der Waals surface area contributed by atoms with Crippen molar-refractivity contribution in [1.29, 1.82) is 0 Å². The second kappa shape index (κ2) is 32.3. The number of rotatable bonds is 31. The molecule has 0 amide bonds. The summed E-state index contributed by atoms with van der Waals surface area (Å²) in [6.07, 6.45) is 39.7. The molecular weight excluding hydrogens is 687 g/mol. The van der Waals surface area contributed by atoms with Gasteiger partial charge in [0.15, 0.2) is 0 Å². The predicted octanol–water partition coefficient (Wildman–Crippen LogP) is 17.3. The Balaban J connectivity index is 0.000000367. The molecule has 302 valence electrons. The van der Waals surface area contributed by atoms with Gasteiger partial charge in [0.05, 0.1) is 0 Å². The van der Waals surface area contributed by atoms with Gasteiger partial charge >= 0.3 is 166 Å². The molecule has 0 spiro atoms. The van der Waals surface area contributed by atoms with Gasteiger partial charge in [-0.25, -0.2) is 4.70 Å². The van der Waals surface area contributed by atoms with E-state index in [1.807, 2.05) is 14.4 Å². The summed E-state index contributed by atoms with van der Waals surface area (Å²) in [4.78, 5) is 0. The molecule has 0 aromatic heterocycles. The first-order valence-electron chi connectivity index (χ1n) is 22.7. The number of hydrogen-bond acceptors (Lipinski definition) is 0. The average molecular weight is 770 g/mol. The fourth-order valence-electron chi connectivity index (χ4n) is 7.23. The van der Waals surface area contributed by atoms with Crippen LogP contribution >= 0.6 is 0 Å². The first kappa shape index (κ1) is 47.2. The quantitative estimate of drug-likeness (QED) is 0.0415. The predicted molar refractivity (Wildman–Crippen MR) is 232 cm³/mol. The molecule has 0 aliphatic carbocycles. The van der Waals surface area contributed by atoms with Crippen LogP contribution in [0.1, 0.15) is 217 Å². The molecule has 1 heterocycles. The number of benzene rings is 2. The summed E-state index contributed by atoms with van der Waals surface area (Å²) >= 11 is 2.03. The summed E-state index contributed by atoms with van der Waals surface area (Å²) in [6, 6.07) is 17.0. The van der Waals surface area contributed by atoms with E-state index in [4.69, 9.17) is 0 Å². The second-order valence-electron chi connectivity index (χ2n) is 15.5. The Kier molecular flexibility index (Phi) is 28.7.